The van der Waals surface area contributed by atoms with Gasteiger partial charge in [-0.15, -0.1) is 0 Å². The smallest absolute Gasteiger partial charge is 0.488 e. The Morgan fingerprint density at radius 1 is 1.10 bits per heavy atom. The molecule has 0 aromatic heterocycles. The molecule has 0 fully saturated rings. The number of carbonyl (C=O) groups is 1. The molecule has 0 spiro atoms. The molecule has 0 amide bonds. The van der Waals surface area contributed by atoms with Crippen LogP contribution in [0.2, 0.25) is 0 Å². The highest BCUT2D eigenvalue weighted by atomic mass is 32.2. The lowest BCUT2D eigenvalue weighted by molar-refractivity contribution is -0.0500. The Balaban J connectivity index is 2.03. The highest BCUT2D eigenvalue weighted by Crippen LogP contribution is 2.40. The summed E-state index contributed by atoms with van der Waals surface area (Å²) in [7, 11) is -3.20. The van der Waals surface area contributed by atoms with E-state index in [0.717, 1.165) is 12.1 Å². The van der Waals surface area contributed by atoms with Gasteiger partial charge in [-0.05, 0) is 41.5 Å². The first kappa shape index (κ1) is 20.9. The van der Waals surface area contributed by atoms with Crippen molar-refractivity contribution in [3.63, 3.8) is 0 Å². The number of hydrogen-bond donors (Lipinski definition) is 0. The minimum absolute atomic E-state index is 0.0497. The molecule has 0 aliphatic carbocycles. The van der Waals surface area contributed by atoms with Gasteiger partial charge in [0.05, 0.1) is 12.7 Å². The van der Waals surface area contributed by atoms with E-state index in [4.69, 9.17) is 9.47 Å². The molecule has 29 heavy (non-hydrogen) atoms. The van der Waals surface area contributed by atoms with Crippen LogP contribution in [0.25, 0.3) is 0 Å². The van der Waals surface area contributed by atoms with Crippen molar-refractivity contribution in [3.05, 3.63) is 58.7 Å². The molecule has 3 rings (SSSR count). The van der Waals surface area contributed by atoms with E-state index in [1.165, 1.54) is 26.4 Å². The van der Waals surface area contributed by atoms with Crippen LogP contribution in [0.3, 0.4) is 0 Å². The average Bonchev–Trinajstić information content (AvgIpc) is 2.81. The Kier molecular flexibility index (Phi) is 5.46. The molecule has 156 valence electrons. The van der Waals surface area contributed by atoms with Crippen molar-refractivity contribution in [2.45, 2.75) is 18.2 Å². The van der Waals surface area contributed by atoms with Crippen molar-refractivity contribution in [1.82, 2.24) is 0 Å². The highest BCUT2D eigenvalue weighted by Gasteiger charge is 2.48. The van der Waals surface area contributed by atoms with E-state index in [0.29, 0.717) is 11.1 Å². The van der Waals surface area contributed by atoms with E-state index in [1.807, 2.05) is 0 Å². The summed E-state index contributed by atoms with van der Waals surface area (Å²) in [4.78, 5) is 11.8. The van der Waals surface area contributed by atoms with Gasteiger partial charge in [0.25, 0.3) is 0 Å². The second-order valence-electron chi connectivity index (χ2n) is 5.99. The SMILES string of the molecule is COC(=O)c1ccc2c(c1)COc1ccc(OS(=O)(=O)C(F)(F)F)cc1C2OC. The van der Waals surface area contributed by atoms with E-state index in [9.17, 15) is 26.4 Å². The minimum Gasteiger partial charge on any atom is -0.488 e. The van der Waals surface area contributed by atoms with Crippen LogP contribution >= 0.6 is 0 Å². The molecular formula is C18H15F3O7S. The van der Waals surface area contributed by atoms with Gasteiger partial charge in [0.2, 0.25) is 0 Å². The summed E-state index contributed by atoms with van der Waals surface area (Å²) < 4.78 is 80.4. The summed E-state index contributed by atoms with van der Waals surface area (Å²) in [5.74, 6) is -0.817. The predicted molar refractivity (Wildman–Crippen MR) is 93.0 cm³/mol. The quantitative estimate of drug-likeness (QED) is 0.416. The van der Waals surface area contributed by atoms with Gasteiger partial charge in [0, 0.05) is 12.7 Å². The number of fused-ring (bicyclic) bond motifs is 2. The lowest BCUT2D eigenvalue weighted by atomic mass is 9.95. The van der Waals surface area contributed by atoms with Crippen molar-refractivity contribution < 1.29 is 44.8 Å². The first-order valence-electron chi connectivity index (χ1n) is 8.09. The van der Waals surface area contributed by atoms with Crippen molar-refractivity contribution in [2.24, 2.45) is 0 Å². The van der Waals surface area contributed by atoms with Crippen LogP contribution in [-0.2, 0) is 26.2 Å². The molecular weight excluding hydrogens is 417 g/mol. The van der Waals surface area contributed by atoms with Gasteiger partial charge < -0.3 is 18.4 Å². The zero-order valence-electron chi connectivity index (χ0n) is 15.1. The molecule has 0 N–H and O–H groups in total. The van der Waals surface area contributed by atoms with Crippen LogP contribution < -0.4 is 8.92 Å². The second-order valence-corrected chi connectivity index (χ2v) is 7.53. The van der Waals surface area contributed by atoms with Gasteiger partial charge in [-0.2, -0.15) is 21.6 Å². The van der Waals surface area contributed by atoms with Gasteiger partial charge in [-0.1, -0.05) is 6.07 Å². The van der Waals surface area contributed by atoms with E-state index < -0.39 is 33.4 Å². The standard InChI is InChI=1S/C18H15F3O7S/c1-25-16-13-5-3-10(17(22)26-2)7-11(13)9-27-15-6-4-12(8-14(15)16)28-29(23,24)18(19,20)21/h3-8,16H,9H2,1-2H3. The zero-order valence-corrected chi connectivity index (χ0v) is 16.0. The van der Waals surface area contributed by atoms with E-state index >= 15 is 0 Å². The molecule has 1 heterocycles. The molecule has 2 aromatic carbocycles. The topological polar surface area (TPSA) is 88.1 Å². The lowest BCUT2D eigenvalue weighted by Crippen LogP contribution is -2.28. The zero-order chi connectivity index (χ0) is 21.4. The van der Waals surface area contributed by atoms with Crippen LogP contribution in [-0.4, -0.2) is 34.1 Å². The summed E-state index contributed by atoms with van der Waals surface area (Å²) in [5.41, 5.74) is -3.81. The van der Waals surface area contributed by atoms with Gasteiger partial charge >= 0.3 is 21.6 Å². The number of hydrogen-bond acceptors (Lipinski definition) is 7. The van der Waals surface area contributed by atoms with Crippen LogP contribution in [0.15, 0.2) is 36.4 Å². The fraction of sp³-hybridized carbons (Fsp3) is 0.278. The number of benzene rings is 2. The second kappa shape index (κ2) is 7.56. The Bertz CT molecular complexity index is 1050. The fourth-order valence-corrected chi connectivity index (χ4v) is 3.35. The molecule has 0 saturated heterocycles. The van der Waals surface area contributed by atoms with Crippen LogP contribution in [0, 0.1) is 0 Å². The number of esters is 1. The number of rotatable bonds is 4. The normalized spacial score (nSPS) is 16.1. The third-order valence-corrected chi connectivity index (χ3v) is 5.20. The van der Waals surface area contributed by atoms with Gasteiger partial charge in [-0.25, -0.2) is 4.79 Å². The van der Waals surface area contributed by atoms with Crippen LogP contribution in [0.1, 0.15) is 33.2 Å². The maximum absolute atomic E-state index is 12.6. The molecule has 0 bridgehead atoms. The largest absolute Gasteiger partial charge is 0.534 e. The first-order chi connectivity index (χ1) is 13.6. The monoisotopic (exact) mass is 432 g/mol. The third kappa shape index (κ3) is 4.01. The van der Waals surface area contributed by atoms with Crippen LogP contribution in [0.4, 0.5) is 13.2 Å². The van der Waals surface area contributed by atoms with Crippen LogP contribution in [0.5, 0.6) is 11.5 Å². The van der Waals surface area contributed by atoms with Crippen molar-refractivity contribution in [2.75, 3.05) is 14.2 Å². The van der Waals surface area contributed by atoms with Gasteiger partial charge in [-0.3, -0.25) is 0 Å². The summed E-state index contributed by atoms with van der Waals surface area (Å²) in [6, 6.07) is 8.12. The Labute approximate surface area is 164 Å². The fourth-order valence-electron chi connectivity index (χ4n) is 2.90. The number of methoxy groups -OCH3 is 2. The molecule has 1 atom stereocenters. The minimum atomic E-state index is -5.82. The summed E-state index contributed by atoms with van der Waals surface area (Å²) >= 11 is 0. The van der Waals surface area contributed by atoms with E-state index in [-0.39, 0.29) is 23.5 Å². The molecule has 0 saturated carbocycles. The Hall–Kier alpha value is -2.79. The third-order valence-electron chi connectivity index (χ3n) is 4.22. The number of alkyl halides is 3. The van der Waals surface area contributed by atoms with Gasteiger partial charge in [0.1, 0.15) is 24.2 Å². The summed E-state index contributed by atoms with van der Waals surface area (Å²) in [6.45, 7) is 0.0497. The highest BCUT2D eigenvalue weighted by molar-refractivity contribution is 7.88. The number of ether oxygens (including phenoxy) is 3. The molecule has 0 radical (unpaired) electrons. The maximum Gasteiger partial charge on any atom is 0.534 e. The number of halogens is 3. The Morgan fingerprint density at radius 3 is 2.45 bits per heavy atom. The van der Waals surface area contributed by atoms with E-state index in [2.05, 4.69) is 8.92 Å². The summed E-state index contributed by atoms with van der Waals surface area (Å²) in [6.07, 6.45) is -0.800. The Morgan fingerprint density at radius 2 is 1.83 bits per heavy atom. The molecule has 1 aliphatic rings. The predicted octanol–water partition coefficient (Wildman–Crippen LogP) is 3.33. The average molecular weight is 432 g/mol. The van der Waals surface area contributed by atoms with E-state index in [1.54, 1.807) is 12.1 Å². The lowest BCUT2D eigenvalue weighted by Gasteiger charge is -2.18. The molecule has 1 unspecified atom stereocenters. The van der Waals surface area contributed by atoms with Crippen molar-refractivity contribution in [3.8, 4) is 11.5 Å². The molecule has 2 aromatic rings. The molecule has 7 nitrogen and oxygen atoms in total. The number of carbonyl (C=O) groups excluding carboxylic acids is 1. The first-order valence-corrected chi connectivity index (χ1v) is 9.49. The van der Waals surface area contributed by atoms with Crippen molar-refractivity contribution in [1.29, 1.82) is 0 Å². The van der Waals surface area contributed by atoms with Gasteiger partial charge in [0.15, 0.2) is 0 Å². The van der Waals surface area contributed by atoms with Crippen molar-refractivity contribution >= 4 is 16.1 Å². The molecule has 1 aliphatic heterocycles. The maximum atomic E-state index is 12.6. The molecule has 11 heteroatoms. The summed E-state index contributed by atoms with van der Waals surface area (Å²) in [5, 5.41) is 0.